The van der Waals surface area contributed by atoms with E-state index in [0.29, 0.717) is 0 Å². The van der Waals surface area contributed by atoms with E-state index in [-0.39, 0.29) is 18.3 Å². The molecule has 1 heterocycles. The minimum absolute atomic E-state index is 0.106. The van der Waals surface area contributed by atoms with Crippen molar-refractivity contribution in [3.63, 3.8) is 0 Å². The van der Waals surface area contributed by atoms with Gasteiger partial charge in [0.2, 0.25) is 5.95 Å². The van der Waals surface area contributed by atoms with Gasteiger partial charge in [-0.05, 0) is 6.07 Å². The van der Waals surface area contributed by atoms with Crippen LogP contribution in [-0.2, 0) is 0 Å². The molecule has 0 aromatic carbocycles. The van der Waals surface area contributed by atoms with Gasteiger partial charge >= 0.3 is 6.18 Å². The number of hydrogen-bond donors (Lipinski definition) is 2. The molecule has 78 valence electrons. The predicted molar refractivity (Wildman–Crippen MR) is 45.6 cm³/mol. The zero-order valence-corrected chi connectivity index (χ0v) is 7.17. The predicted octanol–water partition coefficient (Wildman–Crippen LogP) is 1.42. The van der Waals surface area contributed by atoms with Crippen LogP contribution in [0, 0.1) is 0 Å². The molecule has 0 aliphatic rings. The Hall–Kier alpha value is -1.53. The van der Waals surface area contributed by atoms with Gasteiger partial charge in [-0.15, -0.1) is 0 Å². The molecule has 14 heavy (non-hydrogen) atoms. The van der Waals surface area contributed by atoms with Gasteiger partial charge in [0.25, 0.3) is 0 Å². The Morgan fingerprint density at radius 3 is 2.71 bits per heavy atom. The molecule has 0 atom stereocenters. The molecule has 1 rings (SSSR count). The van der Waals surface area contributed by atoms with Crippen LogP contribution < -0.4 is 11.1 Å². The summed E-state index contributed by atoms with van der Waals surface area (Å²) in [5, 5.41) is 2.42. The number of hydrogen-bond acceptors (Lipinski definition) is 4. The standard InChI is InChI=1S/C7H9F3N4/c8-7(9,10)2-4-13-6-12-3-1-5(11)14-6/h1,3H,2,4H2,(H3,11,12,13,14). The number of nitrogen functional groups attached to an aromatic ring is 1. The second-order valence-corrected chi connectivity index (χ2v) is 2.60. The van der Waals surface area contributed by atoms with E-state index in [2.05, 4.69) is 15.3 Å². The van der Waals surface area contributed by atoms with Crippen molar-refractivity contribution in [2.24, 2.45) is 0 Å². The highest BCUT2D eigenvalue weighted by molar-refractivity contribution is 5.34. The Morgan fingerprint density at radius 1 is 1.43 bits per heavy atom. The fourth-order valence-electron chi connectivity index (χ4n) is 0.774. The summed E-state index contributed by atoms with van der Waals surface area (Å²) in [4.78, 5) is 7.37. The fraction of sp³-hybridized carbons (Fsp3) is 0.429. The number of aromatic nitrogens is 2. The maximum absolute atomic E-state index is 11.7. The molecule has 0 unspecified atom stereocenters. The maximum atomic E-state index is 11.7. The van der Waals surface area contributed by atoms with E-state index >= 15 is 0 Å². The molecule has 1 aromatic rings. The van der Waals surface area contributed by atoms with E-state index < -0.39 is 12.6 Å². The Bertz CT molecular complexity index is 299. The summed E-state index contributed by atoms with van der Waals surface area (Å²) in [5.41, 5.74) is 5.30. The van der Waals surface area contributed by atoms with E-state index in [1.807, 2.05) is 0 Å². The second-order valence-electron chi connectivity index (χ2n) is 2.60. The zero-order valence-electron chi connectivity index (χ0n) is 7.17. The van der Waals surface area contributed by atoms with Crippen molar-refractivity contribution < 1.29 is 13.2 Å². The number of nitrogens with one attached hydrogen (secondary N) is 1. The van der Waals surface area contributed by atoms with Gasteiger partial charge in [0.15, 0.2) is 0 Å². The average Bonchev–Trinajstić information content (AvgIpc) is 2.01. The van der Waals surface area contributed by atoms with Gasteiger partial charge in [-0.25, -0.2) is 4.98 Å². The van der Waals surface area contributed by atoms with Crippen LogP contribution in [0.25, 0.3) is 0 Å². The van der Waals surface area contributed by atoms with Crippen LogP contribution in [0.2, 0.25) is 0 Å². The summed E-state index contributed by atoms with van der Waals surface area (Å²) in [6.45, 7) is -0.257. The first-order valence-corrected chi connectivity index (χ1v) is 3.86. The first-order chi connectivity index (χ1) is 6.47. The monoisotopic (exact) mass is 206 g/mol. The van der Waals surface area contributed by atoms with Crippen molar-refractivity contribution in [2.75, 3.05) is 17.6 Å². The van der Waals surface area contributed by atoms with Crippen molar-refractivity contribution in [2.45, 2.75) is 12.6 Å². The summed E-state index contributed by atoms with van der Waals surface area (Å²) in [5.74, 6) is 0.323. The Balaban J connectivity index is 2.39. The quantitative estimate of drug-likeness (QED) is 0.785. The maximum Gasteiger partial charge on any atom is 0.390 e. The SMILES string of the molecule is Nc1ccnc(NCCC(F)(F)F)n1. The number of nitrogens with zero attached hydrogens (tertiary/aromatic N) is 2. The van der Waals surface area contributed by atoms with Gasteiger partial charge in [0.1, 0.15) is 5.82 Å². The molecule has 0 radical (unpaired) electrons. The number of rotatable bonds is 3. The highest BCUT2D eigenvalue weighted by atomic mass is 19.4. The van der Waals surface area contributed by atoms with E-state index in [1.54, 1.807) is 0 Å². The van der Waals surface area contributed by atoms with Crippen LogP contribution >= 0.6 is 0 Å². The minimum atomic E-state index is -4.17. The molecule has 7 heteroatoms. The first-order valence-electron chi connectivity index (χ1n) is 3.86. The Kier molecular flexibility index (Phi) is 3.10. The normalized spacial score (nSPS) is 11.4. The third-order valence-electron chi connectivity index (χ3n) is 1.37. The van der Waals surface area contributed by atoms with Crippen LogP contribution in [-0.4, -0.2) is 22.7 Å². The molecule has 0 saturated heterocycles. The molecule has 0 saturated carbocycles. The zero-order chi connectivity index (χ0) is 10.6. The van der Waals surface area contributed by atoms with Gasteiger partial charge in [-0.1, -0.05) is 0 Å². The molecule has 1 aromatic heterocycles. The molecular formula is C7H9F3N4. The van der Waals surface area contributed by atoms with Gasteiger partial charge in [0, 0.05) is 12.7 Å². The van der Waals surface area contributed by atoms with E-state index in [4.69, 9.17) is 5.73 Å². The van der Waals surface area contributed by atoms with Crippen LogP contribution in [0.4, 0.5) is 24.9 Å². The number of halogens is 3. The van der Waals surface area contributed by atoms with Crippen LogP contribution in [0.5, 0.6) is 0 Å². The lowest BCUT2D eigenvalue weighted by atomic mass is 10.4. The average molecular weight is 206 g/mol. The third kappa shape index (κ3) is 3.92. The highest BCUT2D eigenvalue weighted by Gasteiger charge is 2.26. The van der Waals surface area contributed by atoms with Crippen molar-refractivity contribution >= 4 is 11.8 Å². The molecule has 0 fully saturated rings. The van der Waals surface area contributed by atoms with E-state index in [0.717, 1.165) is 0 Å². The molecule has 0 bridgehead atoms. The summed E-state index contributed by atoms with van der Waals surface area (Å²) in [7, 11) is 0. The second kappa shape index (κ2) is 4.12. The van der Waals surface area contributed by atoms with Crippen molar-refractivity contribution in [3.8, 4) is 0 Å². The lowest BCUT2D eigenvalue weighted by Crippen LogP contribution is -2.15. The largest absolute Gasteiger partial charge is 0.390 e. The van der Waals surface area contributed by atoms with Crippen LogP contribution in [0.3, 0.4) is 0 Å². The summed E-state index contributed by atoms with van der Waals surface area (Å²) < 4.78 is 35.2. The fourth-order valence-corrected chi connectivity index (χ4v) is 0.774. The molecule has 4 nitrogen and oxygen atoms in total. The highest BCUT2D eigenvalue weighted by Crippen LogP contribution is 2.18. The molecule has 0 spiro atoms. The van der Waals surface area contributed by atoms with Crippen LogP contribution in [0.1, 0.15) is 6.42 Å². The molecule has 3 N–H and O–H groups in total. The number of alkyl halides is 3. The summed E-state index contributed by atoms with van der Waals surface area (Å²) >= 11 is 0. The smallest absolute Gasteiger partial charge is 0.384 e. The topological polar surface area (TPSA) is 63.8 Å². The lowest BCUT2D eigenvalue weighted by molar-refractivity contribution is -0.131. The lowest BCUT2D eigenvalue weighted by Gasteiger charge is -2.07. The van der Waals surface area contributed by atoms with Crippen molar-refractivity contribution in [1.29, 1.82) is 0 Å². The van der Waals surface area contributed by atoms with Gasteiger partial charge in [0.05, 0.1) is 6.42 Å². The number of nitrogens with two attached hydrogens (primary N) is 1. The van der Waals surface area contributed by atoms with Gasteiger partial charge < -0.3 is 11.1 Å². The van der Waals surface area contributed by atoms with Crippen molar-refractivity contribution in [3.05, 3.63) is 12.3 Å². The van der Waals surface area contributed by atoms with Crippen molar-refractivity contribution in [1.82, 2.24) is 9.97 Å². The third-order valence-corrected chi connectivity index (χ3v) is 1.37. The van der Waals surface area contributed by atoms with E-state index in [1.165, 1.54) is 12.3 Å². The number of anilines is 2. The Morgan fingerprint density at radius 2 is 2.14 bits per heavy atom. The molecule has 0 amide bonds. The first kappa shape index (κ1) is 10.6. The van der Waals surface area contributed by atoms with E-state index in [9.17, 15) is 13.2 Å². The Labute approximate surface area is 78.4 Å². The summed E-state index contributed by atoms with van der Waals surface area (Å²) in [6.07, 6.45) is -3.73. The molecular weight excluding hydrogens is 197 g/mol. The minimum Gasteiger partial charge on any atom is -0.384 e. The van der Waals surface area contributed by atoms with Crippen LogP contribution in [0.15, 0.2) is 12.3 Å². The molecule has 0 aliphatic carbocycles. The van der Waals surface area contributed by atoms with Gasteiger partial charge in [-0.3, -0.25) is 0 Å². The summed E-state index contributed by atoms with van der Waals surface area (Å²) in [6, 6.07) is 1.45. The van der Waals surface area contributed by atoms with Gasteiger partial charge in [-0.2, -0.15) is 18.2 Å². The molecule has 0 aliphatic heterocycles.